The summed E-state index contributed by atoms with van der Waals surface area (Å²) in [6.07, 6.45) is 4.28. The van der Waals surface area contributed by atoms with Crippen molar-refractivity contribution in [2.45, 2.75) is 6.92 Å². The van der Waals surface area contributed by atoms with Crippen LogP contribution in [0.3, 0.4) is 0 Å². The van der Waals surface area contributed by atoms with E-state index >= 15 is 0 Å². The van der Waals surface area contributed by atoms with Gasteiger partial charge in [0, 0.05) is 13.1 Å². The number of nitrogens with zero attached hydrogens (tertiary/aromatic N) is 1. The topological polar surface area (TPSA) is 12.5 Å². The zero-order chi connectivity index (χ0) is 8.10. The molecule has 64 valence electrons. The smallest absolute Gasteiger partial charge is 0.0662 e. The van der Waals surface area contributed by atoms with Crippen molar-refractivity contribution in [3.8, 4) is 0 Å². The molecule has 0 N–H and O–H groups in total. The number of hydrogen-bond acceptors (Lipinski definition) is 3. The second kappa shape index (κ2) is 4.67. The Hall–Kier alpha value is -0.150. The molecule has 0 aromatic rings. The number of allylic oxidation sites excluding steroid dienone is 1. The van der Waals surface area contributed by atoms with Crippen molar-refractivity contribution in [3.05, 3.63) is 11.1 Å². The van der Waals surface area contributed by atoms with Crippen molar-refractivity contribution in [1.29, 1.82) is 0 Å². The maximum atomic E-state index is 5.26. The van der Waals surface area contributed by atoms with Gasteiger partial charge in [0.05, 0.1) is 18.2 Å². The molecule has 0 bridgehead atoms. The van der Waals surface area contributed by atoms with Crippen molar-refractivity contribution in [3.63, 3.8) is 0 Å². The molecule has 1 rings (SSSR count). The van der Waals surface area contributed by atoms with Gasteiger partial charge in [-0.05, 0) is 13.2 Å². The molecule has 1 heterocycles. The Bertz CT molecular complexity index is 141. The van der Waals surface area contributed by atoms with Crippen molar-refractivity contribution in [2.75, 3.05) is 32.6 Å². The number of thioether (sulfide) groups is 1. The van der Waals surface area contributed by atoms with Gasteiger partial charge in [0.15, 0.2) is 0 Å². The first-order valence-electron chi connectivity index (χ1n) is 3.91. The standard InChI is InChI=1S/C8H15NOS/c1-3-8(11-2)9-4-6-10-7-5-9/h3H,4-7H2,1-2H3/b8-3-. The minimum absolute atomic E-state index is 0.873. The quantitative estimate of drug-likeness (QED) is 0.628. The van der Waals surface area contributed by atoms with Crippen LogP contribution in [0.2, 0.25) is 0 Å². The summed E-state index contributed by atoms with van der Waals surface area (Å²) in [6.45, 7) is 5.91. The lowest BCUT2D eigenvalue weighted by molar-refractivity contribution is 0.0576. The van der Waals surface area contributed by atoms with Gasteiger partial charge in [0.2, 0.25) is 0 Å². The number of morpholine rings is 1. The highest BCUT2D eigenvalue weighted by Crippen LogP contribution is 2.17. The van der Waals surface area contributed by atoms with E-state index in [1.54, 1.807) is 0 Å². The van der Waals surface area contributed by atoms with Gasteiger partial charge in [-0.3, -0.25) is 0 Å². The molecule has 3 heteroatoms. The minimum atomic E-state index is 0.873. The number of rotatable bonds is 2. The Morgan fingerprint density at radius 1 is 1.45 bits per heavy atom. The fourth-order valence-corrected chi connectivity index (χ4v) is 1.89. The van der Waals surface area contributed by atoms with Crippen LogP contribution in [0.15, 0.2) is 11.1 Å². The molecular weight excluding hydrogens is 158 g/mol. The molecule has 0 radical (unpaired) electrons. The first-order chi connectivity index (χ1) is 5.38. The first kappa shape index (κ1) is 8.94. The lowest BCUT2D eigenvalue weighted by Crippen LogP contribution is -2.34. The molecule has 1 aliphatic rings. The van der Waals surface area contributed by atoms with E-state index in [0.717, 1.165) is 26.3 Å². The summed E-state index contributed by atoms with van der Waals surface area (Å²) in [4.78, 5) is 2.37. The SMILES string of the molecule is C/C=C(\SC)N1CCOCC1. The van der Waals surface area contributed by atoms with Gasteiger partial charge in [-0.15, -0.1) is 11.8 Å². The summed E-state index contributed by atoms with van der Waals surface area (Å²) in [7, 11) is 0. The third-order valence-electron chi connectivity index (χ3n) is 1.78. The molecule has 1 fully saturated rings. The molecule has 0 spiro atoms. The van der Waals surface area contributed by atoms with Crippen LogP contribution in [0.1, 0.15) is 6.92 Å². The van der Waals surface area contributed by atoms with E-state index in [2.05, 4.69) is 24.2 Å². The Balaban J connectivity index is 2.43. The van der Waals surface area contributed by atoms with Crippen molar-refractivity contribution in [1.82, 2.24) is 4.90 Å². The third kappa shape index (κ3) is 2.42. The zero-order valence-corrected chi connectivity index (χ0v) is 7.99. The maximum absolute atomic E-state index is 5.26. The van der Waals surface area contributed by atoms with Gasteiger partial charge < -0.3 is 9.64 Å². The van der Waals surface area contributed by atoms with Crippen LogP contribution in [0.25, 0.3) is 0 Å². The molecule has 1 saturated heterocycles. The van der Waals surface area contributed by atoms with Gasteiger partial charge in [-0.25, -0.2) is 0 Å². The molecule has 0 saturated carbocycles. The second-order valence-electron chi connectivity index (χ2n) is 2.43. The predicted molar refractivity (Wildman–Crippen MR) is 49.7 cm³/mol. The van der Waals surface area contributed by atoms with Crippen molar-refractivity contribution < 1.29 is 4.74 Å². The highest BCUT2D eigenvalue weighted by molar-refractivity contribution is 8.02. The van der Waals surface area contributed by atoms with Gasteiger partial charge in [0.1, 0.15) is 0 Å². The Morgan fingerprint density at radius 3 is 2.55 bits per heavy atom. The van der Waals surface area contributed by atoms with E-state index in [1.807, 2.05) is 11.8 Å². The molecule has 0 aromatic heterocycles. The fourth-order valence-electron chi connectivity index (χ4n) is 1.21. The van der Waals surface area contributed by atoms with Gasteiger partial charge >= 0.3 is 0 Å². The van der Waals surface area contributed by atoms with E-state index < -0.39 is 0 Å². The summed E-state index contributed by atoms with van der Waals surface area (Å²) >= 11 is 1.81. The molecular formula is C8H15NOS. The molecule has 0 atom stereocenters. The Labute approximate surface area is 72.6 Å². The molecule has 0 unspecified atom stereocenters. The van der Waals surface area contributed by atoms with E-state index in [1.165, 1.54) is 5.03 Å². The van der Waals surface area contributed by atoms with Crippen molar-refractivity contribution in [2.24, 2.45) is 0 Å². The number of ether oxygens (including phenoxy) is 1. The van der Waals surface area contributed by atoms with Crippen LogP contribution in [-0.4, -0.2) is 37.5 Å². The summed E-state index contributed by atoms with van der Waals surface area (Å²) < 4.78 is 5.26. The largest absolute Gasteiger partial charge is 0.378 e. The van der Waals surface area contributed by atoms with Gasteiger partial charge in [0.25, 0.3) is 0 Å². The maximum Gasteiger partial charge on any atom is 0.0662 e. The van der Waals surface area contributed by atoms with Crippen LogP contribution in [0.5, 0.6) is 0 Å². The molecule has 0 aromatic carbocycles. The lowest BCUT2D eigenvalue weighted by atomic mass is 10.4. The highest BCUT2D eigenvalue weighted by atomic mass is 32.2. The predicted octanol–water partition coefficient (Wildman–Crippen LogP) is 1.54. The van der Waals surface area contributed by atoms with E-state index in [9.17, 15) is 0 Å². The van der Waals surface area contributed by atoms with Gasteiger partial charge in [-0.2, -0.15) is 0 Å². The van der Waals surface area contributed by atoms with Crippen LogP contribution in [-0.2, 0) is 4.74 Å². The first-order valence-corrected chi connectivity index (χ1v) is 5.14. The average Bonchev–Trinajstić information content (AvgIpc) is 2.09. The summed E-state index contributed by atoms with van der Waals surface area (Å²) in [6, 6.07) is 0. The monoisotopic (exact) mass is 173 g/mol. The van der Waals surface area contributed by atoms with Crippen LogP contribution in [0, 0.1) is 0 Å². The second-order valence-corrected chi connectivity index (χ2v) is 3.26. The average molecular weight is 173 g/mol. The molecule has 11 heavy (non-hydrogen) atoms. The zero-order valence-electron chi connectivity index (χ0n) is 7.17. The van der Waals surface area contributed by atoms with E-state index in [0.29, 0.717) is 0 Å². The molecule has 1 aliphatic heterocycles. The van der Waals surface area contributed by atoms with Crippen molar-refractivity contribution >= 4 is 11.8 Å². The minimum Gasteiger partial charge on any atom is -0.378 e. The molecule has 2 nitrogen and oxygen atoms in total. The van der Waals surface area contributed by atoms with Crippen LogP contribution in [0.4, 0.5) is 0 Å². The van der Waals surface area contributed by atoms with Crippen LogP contribution >= 0.6 is 11.8 Å². The van der Waals surface area contributed by atoms with E-state index in [-0.39, 0.29) is 0 Å². The normalized spacial score (nSPS) is 20.5. The molecule has 0 aliphatic carbocycles. The fraction of sp³-hybridized carbons (Fsp3) is 0.750. The van der Waals surface area contributed by atoms with Gasteiger partial charge in [-0.1, -0.05) is 6.08 Å². The highest BCUT2D eigenvalue weighted by Gasteiger charge is 2.11. The summed E-state index contributed by atoms with van der Waals surface area (Å²) in [5.41, 5.74) is 0. The number of hydrogen-bond donors (Lipinski definition) is 0. The Kier molecular flexibility index (Phi) is 3.80. The molecule has 0 amide bonds. The van der Waals surface area contributed by atoms with E-state index in [4.69, 9.17) is 4.74 Å². The van der Waals surface area contributed by atoms with Crippen LogP contribution < -0.4 is 0 Å². The Morgan fingerprint density at radius 2 is 2.09 bits per heavy atom. The lowest BCUT2D eigenvalue weighted by Gasteiger charge is -2.29. The summed E-state index contributed by atoms with van der Waals surface area (Å²) in [5, 5.41) is 1.37. The summed E-state index contributed by atoms with van der Waals surface area (Å²) in [5.74, 6) is 0. The third-order valence-corrected chi connectivity index (χ3v) is 2.69.